The lowest BCUT2D eigenvalue weighted by atomic mass is 10.2. The van der Waals surface area contributed by atoms with Gasteiger partial charge in [0.2, 0.25) is 5.91 Å². The number of rotatable bonds is 5. The Morgan fingerprint density at radius 2 is 1.76 bits per heavy atom. The molecule has 0 saturated carbocycles. The normalized spacial score (nSPS) is 15.1. The third-order valence-corrected chi connectivity index (χ3v) is 6.00. The molecule has 3 aromatic carbocycles. The maximum absolute atomic E-state index is 13.5. The van der Waals surface area contributed by atoms with Gasteiger partial charge in [0.05, 0.1) is 22.6 Å². The standard InChI is InChI=1S/C26H19FN4O2S/c1-17(24(32)29-21-11-7-19(16-28)8-12-21)34-26-30-23(15-18-5-3-2-4-6-18)25(33)31(26)22-13-9-20(27)10-14-22/h2-15,17H,1H3,(H,29,32)/b23-15-. The number of carbonyl (C=O) groups is 2. The summed E-state index contributed by atoms with van der Waals surface area (Å²) in [6.07, 6.45) is 1.67. The first-order chi connectivity index (χ1) is 16.4. The number of hydrogen-bond acceptors (Lipinski definition) is 5. The van der Waals surface area contributed by atoms with Crippen molar-refractivity contribution in [2.75, 3.05) is 10.2 Å². The second-order valence-electron chi connectivity index (χ2n) is 7.39. The van der Waals surface area contributed by atoms with Gasteiger partial charge in [0.25, 0.3) is 5.91 Å². The molecule has 0 fully saturated rings. The zero-order chi connectivity index (χ0) is 24.1. The molecule has 34 heavy (non-hydrogen) atoms. The number of hydrogen-bond donors (Lipinski definition) is 1. The number of anilines is 2. The van der Waals surface area contributed by atoms with Crippen LogP contribution in [0.4, 0.5) is 15.8 Å². The molecule has 0 aliphatic carbocycles. The van der Waals surface area contributed by atoms with Gasteiger partial charge in [-0.2, -0.15) is 5.26 Å². The van der Waals surface area contributed by atoms with Gasteiger partial charge in [-0.3, -0.25) is 14.5 Å². The van der Waals surface area contributed by atoms with E-state index in [-0.39, 0.29) is 17.5 Å². The van der Waals surface area contributed by atoms with Gasteiger partial charge >= 0.3 is 0 Å². The summed E-state index contributed by atoms with van der Waals surface area (Å²) in [5.74, 6) is -1.07. The summed E-state index contributed by atoms with van der Waals surface area (Å²) in [5.41, 5.74) is 2.53. The van der Waals surface area contributed by atoms with Crippen molar-refractivity contribution in [3.8, 4) is 6.07 Å². The van der Waals surface area contributed by atoms with Crippen LogP contribution >= 0.6 is 11.8 Å². The van der Waals surface area contributed by atoms with Gasteiger partial charge < -0.3 is 5.32 Å². The van der Waals surface area contributed by atoms with E-state index >= 15 is 0 Å². The number of nitrogens with one attached hydrogen (secondary N) is 1. The minimum atomic E-state index is -0.596. The molecule has 4 rings (SSSR count). The van der Waals surface area contributed by atoms with Crippen molar-refractivity contribution >= 4 is 46.2 Å². The zero-order valence-corrected chi connectivity index (χ0v) is 18.9. The molecule has 1 aliphatic heterocycles. The summed E-state index contributed by atoms with van der Waals surface area (Å²) >= 11 is 1.12. The fourth-order valence-electron chi connectivity index (χ4n) is 3.18. The topological polar surface area (TPSA) is 85.6 Å². The highest BCUT2D eigenvalue weighted by Gasteiger charge is 2.34. The Morgan fingerprint density at radius 1 is 1.09 bits per heavy atom. The smallest absolute Gasteiger partial charge is 0.283 e. The van der Waals surface area contributed by atoms with Gasteiger partial charge in [0.1, 0.15) is 11.5 Å². The highest BCUT2D eigenvalue weighted by atomic mass is 32.2. The molecule has 3 aromatic rings. The van der Waals surface area contributed by atoms with Gasteiger partial charge in [-0.25, -0.2) is 9.38 Å². The van der Waals surface area contributed by atoms with E-state index in [4.69, 9.17) is 5.26 Å². The van der Waals surface area contributed by atoms with Crippen LogP contribution in [0.1, 0.15) is 18.1 Å². The highest BCUT2D eigenvalue weighted by molar-refractivity contribution is 8.15. The van der Waals surface area contributed by atoms with Crippen molar-refractivity contribution in [1.82, 2.24) is 0 Å². The Labute approximate surface area is 200 Å². The Bertz CT molecular complexity index is 1310. The number of nitrogens with zero attached hydrogens (tertiary/aromatic N) is 3. The summed E-state index contributed by atoms with van der Waals surface area (Å²) < 4.78 is 13.5. The van der Waals surface area contributed by atoms with Gasteiger partial charge in [-0.1, -0.05) is 42.1 Å². The van der Waals surface area contributed by atoms with Crippen LogP contribution in [0.2, 0.25) is 0 Å². The Kier molecular flexibility index (Phi) is 6.85. The quantitative estimate of drug-likeness (QED) is 0.519. The number of nitriles is 1. The van der Waals surface area contributed by atoms with E-state index in [0.717, 1.165) is 17.3 Å². The van der Waals surface area contributed by atoms with Gasteiger partial charge in [0, 0.05) is 5.69 Å². The molecule has 1 atom stereocenters. The largest absolute Gasteiger partial charge is 0.325 e. The maximum Gasteiger partial charge on any atom is 0.283 e. The fraction of sp³-hybridized carbons (Fsp3) is 0.0769. The number of thioether (sulfide) groups is 1. The number of carbonyl (C=O) groups excluding carboxylic acids is 2. The minimum absolute atomic E-state index is 0.220. The van der Waals surface area contributed by atoms with E-state index in [9.17, 15) is 14.0 Å². The van der Waals surface area contributed by atoms with E-state index in [1.165, 1.54) is 29.2 Å². The van der Waals surface area contributed by atoms with Crippen LogP contribution in [0.3, 0.4) is 0 Å². The summed E-state index contributed by atoms with van der Waals surface area (Å²) in [5, 5.41) is 11.4. The molecule has 0 bridgehead atoms. The number of aliphatic imine (C=N–C) groups is 1. The average Bonchev–Trinajstić information content (AvgIpc) is 3.15. The number of amidine groups is 1. The van der Waals surface area contributed by atoms with Crippen LogP contribution in [0.5, 0.6) is 0 Å². The third kappa shape index (κ3) is 5.22. The molecule has 168 valence electrons. The maximum atomic E-state index is 13.5. The van der Waals surface area contributed by atoms with Gasteiger partial charge in [-0.05, 0) is 67.1 Å². The molecule has 0 radical (unpaired) electrons. The summed E-state index contributed by atoms with van der Waals surface area (Å²) in [7, 11) is 0. The molecule has 0 saturated heterocycles. The molecule has 1 aliphatic rings. The van der Waals surface area contributed by atoms with Crippen LogP contribution in [0.25, 0.3) is 6.08 Å². The molecule has 2 amide bonds. The van der Waals surface area contributed by atoms with Crippen LogP contribution in [-0.2, 0) is 9.59 Å². The number of benzene rings is 3. The highest BCUT2D eigenvalue weighted by Crippen LogP contribution is 2.31. The molecule has 1 unspecified atom stereocenters. The molecular formula is C26H19FN4O2S. The average molecular weight is 471 g/mol. The summed E-state index contributed by atoms with van der Waals surface area (Å²) in [4.78, 5) is 31.9. The van der Waals surface area contributed by atoms with Crippen molar-refractivity contribution < 1.29 is 14.0 Å². The number of amides is 2. The predicted molar refractivity (Wildman–Crippen MR) is 133 cm³/mol. The molecule has 1 heterocycles. The Hall–Kier alpha value is -4.22. The molecule has 1 N–H and O–H groups in total. The first-order valence-corrected chi connectivity index (χ1v) is 11.3. The van der Waals surface area contributed by atoms with Crippen LogP contribution in [0, 0.1) is 17.1 Å². The van der Waals surface area contributed by atoms with Crippen LogP contribution < -0.4 is 10.2 Å². The lowest BCUT2D eigenvalue weighted by Gasteiger charge is -2.20. The van der Waals surface area contributed by atoms with Crippen molar-refractivity contribution in [1.29, 1.82) is 5.26 Å². The van der Waals surface area contributed by atoms with Crippen molar-refractivity contribution in [3.63, 3.8) is 0 Å². The number of halogens is 1. The van der Waals surface area contributed by atoms with Crippen molar-refractivity contribution in [2.24, 2.45) is 4.99 Å². The van der Waals surface area contributed by atoms with Crippen molar-refractivity contribution in [2.45, 2.75) is 12.2 Å². The molecular weight excluding hydrogens is 451 g/mol. The third-order valence-electron chi connectivity index (χ3n) is 4.95. The zero-order valence-electron chi connectivity index (χ0n) is 18.1. The molecule has 8 heteroatoms. The first-order valence-electron chi connectivity index (χ1n) is 10.4. The lowest BCUT2D eigenvalue weighted by molar-refractivity contribution is -0.115. The van der Waals surface area contributed by atoms with E-state index in [2.05, 4.69) is 10.3 Å². The monoisotopic (exact) mass is 470 g/mol. The fourth-order valence-corrected chi connectivity index (χ4v) is 4.11. The van der Waals surface area contributed by atoms with Gasteiger partial charge in [-0.15, -0.1) is 0 Å². The van der Waals surface area contributed by atoms with E-state index in [0.29, 0.717) is 22.1 Å². The summed E-state index contributed by atoms with van der Waals surface area (Å²) in [6, 6.07) is 23.4. The van der Waals surface area contributed by atoms with Crippen LogP contribution in [-0.4, -0.2) is 22.2 Å². The first kappa shape index (κ1) is 23.0. The SMILES string of the molecule is CC(SC1=N/C(=C\c2ccccc2)C(=O)N1c1ccc(F)cc1)C(=O)Nc1ccc(C#N)cc1. The summed E-state index contributed by atoms with van der Waals surface area (Å²) in [6.45, 7) is 1.71. The van der Waals surface area contributed by atoms with Crippen LogP contribution in [0.15, 0.2) is 89.6 Å². The minimum Gasteiger partial charge on any atom is -0.325 e. The Balaban J connectivity index is 1.58. The molecule has 0 spiro atoms. The molecule has 0 aromatic heterocycles. The molecule has 6 nitrogen and oxygen atoms in total. The van der Waals surface area contributed by atoms with E-state index in [1.807, 2.05) is 36.4 Å². The van der Waals surface area contributed by atoms with Crippen molar-refractivity contribution in [3.05, 3.63) is 102 Å². The van der Waals surface area contributed by atoms with E-state index in [1.54, 1.807) is 37.3 Å². The second-order valence-corrected chi connectivity index (χ2v) is 8.70. The van der Waals surface area contributed by atoms with Gasteiger partial charge in [0.15, 0.2) is 5.17 Å². The second kappa shape index (κ2) is 10.1. The Morgan fingerprint density at radius 3 is 2.41 bits per heavy atom. The lowest BCUT2D eigenvalue weighted by Crippen LogP contribution is -2.33. The predicted octanol–water partition coefficient (Wildman–Crippen LogP) is 5.20. The van der Waals surface area contributed by atoms with E-state index < -0.39 is 11.1 Å².